The van der Waals surface area contributed by atoms with E-state index < -0.39 is 10.0 Å². The summed E-state index contributed by atoms with van der Waals surface area (Å²) in [7, 11) is -1.99. The quantitative estimate of drug-likeness (QED) is 0.845. The molecule has 0 fully saturated rings. The van der Waals surface area contributed by atoms with Crippen LogP contribution in [0.15, 0.2) is 35.4 Å². The molecule has 1 aliphatic rings. The topological polar surface area (TPSA) is 64.4 Å². The predicted octanol–water partition coefficient (Wildman–Crippen LogP) is 2.45. The van der Waals surface area contributed by atoms with Crippen LogP contribution in [0.5, 0.6) is 0 Å². The van der Waals surface area contributed by atoms with E-state index >= 15 is 0 Å². The number of halogens is 1. The van der Waals surface area contributed by atoms with E-state index in [-0.39, 0.29) is 10.9 Å². The van der Waals surface area contributed by atoms with Gasteiger partial charge in [0.1, 0.15) is 5.82 Å². The summed E-state index contributed by atoms with van der Waals surface area (Å²) in [6.45, 7) is 3.24. The third kappa shape index (κ3) is 2.89. The number of fused-ring (bicyclic) bond motifs is 1. The second kappa shape index (κ2) is 6.24. The normalized spacial score (nSPS) is 18.8. The van der Waals surface area contributed by atoms with E-state index in [1.54, 1.807) is 31.5 Å². The molecule has 1 aliphatic heterocycles. The molecule has 0 saturated carbocycles. The summed E-state index contributed by atoms with van der Waals surface area (Å²) in [4.78, 5) is 4.58. The first kappa shape index (κ1) is 16.4. The van der Waals surface area contributed by atoms with E-state index in [9.17, 15) is 8.42 Å². The van der Waals surface area contributed by atoms with Gasteiger partial charge in [-0.25, -0.2) is 13.4 Å². The van der Waals surface area contributed by atoms with Gasteiger partial charge < -0.3 is 9.30 Å². The van der Waals surface area contributed by atoms with E-state index in [0.717, 1.165) is 11.5 Å². The van der Waals surface area contributed by atoms with Crippen LogP contribution in [-0.4, -0.2) is 35.9 Å². The molecule has 0 N–H and O–H groups in total. The first-order chi connectivity index (χ1) is 10.9. The Morgan fingerprint density at radius 1 is 1.39 bits per heavy atom. The number of imidazole rings is 1. The Kier molecular flexibility index (Phi) is 4.46. The van der Waals surface area contributed by atoms with Crippen LogP contribution in [-0.2, 0) is 27.9 Å². The van der Waals surface area contributed by atoms with Crippen molar-refractivity contribution in [3.63, 3.8) is 0 Å². The average Bonchev–Trinajstić information content (AvgIpc) is 2.92. The average molecular weight is 356 g/mol. The van der Waals surface area contributed by atoms with E-state index in [1.807, 2.05) is 11.5 Å². The molecule has 23 heavy (non-hydrogen) atoms. The number of ether oxygens (including phenoxy) is 1. The Labute approximate surface area is 140 Å². The van der Waals surface area contributed by atoms with Crippen molar-refractivity contribution < 1.29 is 13.2 Å². The predicted molar refractivity (Wildman–Crippen MR) is 86.7 cm³/mol. The SMILES string of the molecule is COCc1cnc2n1CCN(S(=O)(=O)c1cccc(Cl)c1)[C@@H]2C. The number of hydrogen-bond acceptors (Lipinski definition) is 4. The van der Waals surface area contributed by atoms with Gasteiger partial charge in [-0.1, -0.05) is 17.7 Å². The van der Waals surface area contributed by atoms with Gasteiger partial charge in [0.25, 0.3) is 0 Å². The molecule has 0 bridgehead atoms. The van der Waals surface area contributed by atoms with Crippen LogP contribution in [0.25, 0.3) is 0 Å². The standard InChI is InChI=1S/C15H18ClN3O3S/c1-11-15-17-9-13(10-22-2)18(15)6-7-19(11)23(20,21)14-5-3-4-12(16)8-14/h3-5,8-9,11H,6-7,10H2,1-2H3/t11-/m1/s1. The van der Waals surface area contributed by atoms with Crippen LogP contribution >= 0.6 is 11.6 Å². The molecule has 1 aromatic heterocycles. The lowest BCUT2D eigenvalue weighted by atomic mass is 10.2. The minimum Gasteiger partial charge on any atom is -0.378 e. The summed E-state index contributed by atoms with van der Waals surface area (Å²) in [5, 5.41) is 0.402. The zero-order chi connectivity index (χ0) is 16.6. The number of aromatic nitrogens is 2. The van der Waals surface area contributed by atoms with Gasteiger partial charge in [-0.3, -0.25) is 0 Å². The first-order valence-corrected chi connectivity index (χ1v) is 9.07. The summed E-state index contributed by atoms with van der Waals surface area (Å²) in [5.74, 6) is 0.730. The Balaban J connectivity index is 1.96. The van der Waals surface area contributed by atoms with Crippen molar-refractivity contribution in [2.24, 2.45) is 0 Å². The van der Waals surface area contributed by atoms with E-state index in [1.165, 1.54) is 10.4 Å². The lowest BCUT2D eigenvalue weighted by Gasteiger charge is -2.33. The molecule has 0 spiro atoms. The molecule has 3 rings (SSSR count). The molecule has 0 radical (unpaired) electrons. The van der Waals surface area contributed by atoms with Gasteiger partial charge in [-0.15, -0.1) is 0 Å². The van der Waals surface area contributed by atoms with Gasteiger partial charge >= 0.3 is 0 Å². The van der Waals surface area contributed by atoms with Crippen LogP contribution in [0.4, 0.5) is 0 Å². The molecule has 6 nitrogen and oxygen atoms in total. The zero-order valence-corrected chi connectivity index (χ0v) is 14.5. The molecule has 0 aliphatic carbocycles. The zero-order valence-electron chi connectivity index (χ0n) is 12.9. The van der Waals surface area contributed by atoms with Crippen molar-refractivity contribution in [1.29, 1.82) is 0 Å². The number of methoxy groups -OCH3 is 1. The lowest BCUT2D eigenvalue weighted by Crippen LogP contribution is -2.41. The third-order valence-corrected chi connectivity index (χ3v) is 6.21. The Bertz CT molecular complexity index is 819. The lowest BCUT2D eigenvalue weighted by molar-refractivity contribution is 0.173. The first-order valence-electron chi connectivity index (χ1n) is 7.26. The number of rotatable bonds is 4. The van der Waals surface area contributed by atoms with Crippen molar-refractivity contribution in [2.45, 2.75) is 31.0 Å². The van der Waals surface area contributed by atoms with Crippen molar-refractivity contribution in [3.05, 3.63) is 47.0 Å². The van der Waals surface area contributed by atoms with Gasteiger partial charge in [0, 0.05) is 25.2 Å². The maximum Gasteiger partial charge on any atom is 0.243 e. The summed E-state index contributed by atoms with van der Waals surface area (Å²) >= 11 is 5.93. The fourth-order valence-corrected chi connectivity index (χ4v) is 4.78. The Hall–Kier alpha value is -1.41. The highest BCUT2D eigenvalue weighted by molar-refractivity contribution is 7.89. The highest BCUT2D eigenvalue weighted by atomic mass is 35.5. The molecular formula is C15H18ClN3O3S. The van der Waals surface area contributed by atoms with Crippen LogP contribution in [0.3, 0.4) is 0 Å². The summed E-state index contributed by atoms with van der Waals surface area (Å²) in [5.41, 5.74) is 0.953. The molecule has 0 saturated heterocycles. The van der Waals surface area contributed by atoms with Crippen molar-refractivity contribution >= 4 is 21.6 Å². The fourth-order valence-electron chi connectivity index (χ4n) is 2.89. The molecular weight excluding hydrogens is 338 g/mol. The maximum absolute atomic E-state index is 12.9. The number of benzene rings is 1. The maximum atomic E-state index is 12.9. The number of sulfonamides is 1. The van der Waals surface area contributed by atoms with Crippen molar-refractivity contribution in [3.8, 4) is 0 Å². The Morgan fingerprint density at radius 3 is 2.87 bits per heavy atom. The Morgan fingerprint density at radius 2 is 2.17 bits per heavy atom. The van der Waals surface area contributed by atoms with Gasteiger partial charge in [-0.2, -0.15) is 4.31 Å². The summed E-state index contributed by atoms with van der Waals surface area (Å²) < 4.78 is 34.4. The van der Waals surface area contributed by atoms with Crippen LogP contribution in [0, 0.1) is 0 Å². The second-order valence-electron chi connectivity index (χ2n) is 5.44. The van der Waals surface area contributed by atoms with E-state index in [0.29, 0.717) is 24.7 Å². The van der Waals surface area contributed by atoms with E-state index in [4.69, 9.17) is 16.3 Å². The second-order valence-corrected chi connectivity index (χ2v) is 7.77. The molecule has 2 heterocycles. The fraction of sp³-hybridized carbons (Fsp3) is 0.400. The molecule has 8 heteroatoms. The van der Waals surface area contributed by atoms with Crippen molar-refractivity contribution in [1.82, 2.24) is 13.9 Å². The van der Waals surface area contributed by atoms with Crippen LogP contribution in [0.1, 0.15) is 24.5 Å². The largest absolute Gasteiger partial charge is 0.378 e. The van der Waals surface area contributed by atoms with Crippen molar-refractivity contribution in [2.75, 3.05) is 13.7 Å². The summed E-state index contributed by atoms with van der Waals surface area (Å²) in [6.07, 6.45) is 1.74. The van der Waals surface area contributed by atoms with Crippen LogP contribution < -0.4 is 0 Å². The number of nitrogens with zero attached hydrogens (tertiary/aromatic N) is 3. The molecule has 2 aromatic rings. The number of hydrogen-bond donors (Lipinski definition) is 0. The minimum atomic E-state index is -3.62. The molecule has 1 atom stereocenters. The van der Waals surface area contributed by atoms with E-state index in [2.05, 4.69) is 4.98 Å². The molecule has 1 aromatic carbocycles. The molecule has 0 unspecified atom stereocenters. The highest BCUT2D eigenvalue weighted by Crippen LogP contribution is 2.31. The van der Waals surface area contributed by atoms with Gasteiger partial charge in [0.2, 0.25) is 10.0 Å². The smallest absolute Gasteiger partial charge is 0.243 e. The summed E-state index contributed by atoms with van der Waals surface area (Å²) in [6, 6.07) is 5.98. The molecule has 124 valence electrons. The van der Waals surface area contributed by atoms with Gasteiger partial charge in [-0.05, 0) is 25.1 Å². The highest BCUT2D eigenvalue weighted by Gasteiger charge is 2.35. The minimum absolute atomic E-state index is 0.203. The van der Waals surface area contributed by atoms with Crippen LogP contribution in [0.2, 0.25) is 5.02 Å². The van der Waals surface area contributed by atoms with Gasteiger partial charge in [0.15, 0.2) is 0 Å². The molecule has 0 amide bonds. The monoisotopic (exact) mass is 355 g/mol. The van der Waals surface area contributed by atoms with Gasteiger partial charge in [0.05, 0.1) is 29.4 Å². The third-order valence-electron chi connectivity index (χ3n) is 4.01.